The summed E-state index contributed by atoms with van der Waals surface area (Å²) in [7, 11) is 1.60. The number of rotatable bonds is 4. The number of hydrogen-bond donors (Lipinski definition) is 1. The summed E-state index contributed by atoms with van der Waals surface area (Å²) in [5.74, 6) is 0.658. The Morgan fingerprint density at radius 3 is 2.71 bits per heavy atom. The molecular formula is C16H16N6O2. The lowest BCUT2D eigenvalue weighted by atomic mass is 10.2. The van der Waals surface area contributed by atoms with Crippen molar-refractivity contribution in [3.8, 4) is 5.75 Å². The highest BCUT2D eigenvalue weighted by Gasteiger charge is 2.14. The van der Waals surface area contributed by atoms with Crippen LogP contribution in [0.5, 0.6) is 5.75 Å². The molecule has 0 saturated carbocycles. The Morgan fingerprint density at radius 2 is 2.00 bits per heavy atom. The quantitative estimate of drug-likeness (QED) is 0.580. The van der Waals surface area contributed by atoms with E-state index in [4.69, 9.17) is 4.74 Å². The first-order chi connectivity index (χ1) is 11.6. The Labute approximate surface area is 138 Å². The number of amides is 1. The molecular weight excluding hydrogens is 308 g/mol. The number of hydrazone groups is 1. The number of fused-ring (bicyclic) bond motifs is 1. The van der Waals surface area contributed by atoms with Crippen LogP contribution in [-0.2, 0) is 0 Å². The van der Waals surface area contributed by atoms with E-state index in [9.17, 15) is 4.79 Å². The number of methoxy groups -OCH3 is 1. The van der Waals surface area contributed by atoms with Gasteiger partial charge in [-0.3, -0.25) is 4.79 Å². The maximum absolute atomic E-state index is 12.1. The number of carbonyl (C=O) groups is 1. The molecule has 2 heterocycles. The maximum Gasteiger partial charge on any atom is 0.311 e. The van der Waals surface area contributed by atoms with Gasteiger partial charge in [0.1, 0.15) is 5.75 Å². The van der Waals surface area contributed by atoms with E-state index in [1.54, 1.807) is 7.11 Å². The fourth-order valence-electron chi connectivity index (χ4n) is 2.17. The van der Waals surface area contributed by atoms with Crippen molar-refractivity contribution in [3.05, 3.63) is 53.1 Å². The Morgan fingerprint density at radius 1 is 1.25 bits per heavy atom. The summed E-state index contributed by atoms with van der Waals surface area (Å²) >= 11 is 0. The molecule has 8 nitrogen and oxygen atoms in total. The summed E-state index contributed by atoms with van der Waals surface area (Å²) in [6.07, 6.45) is 1.53. The smallest absolute Gasteiger partial charge is 0.311 e. The Kier molecular flexibility index (Phi) is 4.19. The normalized spacial score (nSPS) is 11.1. The Bertz CT molecular complexity index is 914. The number of benzene rings is 1. The maximum atomic E-state index is 12.1. The Balaban J connectivity index is 1.72. The third-order valence-electron chi connectivity index (χ3n) is 3.32. The summed E-state index contributed by atoms with van der Waals surface area (Å²) in [5.41, 5.74) is 4.90. The highest BCUT2D eigenvalue weighted by atomic mass is 16.5. The molecule has 3 rings (SSSR count). The van der Waals surface area contributed by atoms with Crippen molar-refractivity contribution in [3.63, 3.8) is 0 Å². The van der Waals surface area contributed by atoms with Crippen molar-refractivity contribution in [2.75, 3.05) is 7.11 Å². The minimum absolute atomic E-state index is 0.0167. The van der Waals surface area contributed by atoms with E-state index >= 15 is 0 Å². The fraction of sp³-hybridized carbons (Fsp3) is 0.188. The van der Waals surface area contributed by atoms with Crippen molar-refractivity contribution in [1.29, 1.82) is 0 Å². The van der Waals surface area contributed by atoms with Crippen LogP contribution in [0.3, 0.4) is 0 Å². The SMILES string of the molecule is COc1ccc(/C=N/NC(=O)c2nc3nc(C)cc(C)n3n2)cc1. The zero-order chi connectivity index (χ0) is 17.1. The number of aromatic nitrogens is 4. The largest absolute Gasteiger partial charge is 0.497 e. The van der Waals surface area contributed by atoms with Gasteiger partial charge in [-0.25, -0.2) is 14.9 Å². The van der Waals surface area contributed by atoms with E-state index in [0.717, 1.165) is 22.7 Å². The van der Waals surface area contributed by atoms with Crippen molar-refractivity contribution in [2.24, 2.45) is 5.10 Å². The van der Waals surface area contributed by atoms with Gasteiger partial charge in [-0.1, -0.05) is 0 Å². The summed E-state index contributed by atoms with van der Waals surface area (Å²) in [5, 5.41) is 8.05. The second-order valence-electron chi connectivity index (χ2n) is 5.16. The van der Waals surface area contributed by atoms with Crippen LogP contribution >= 0.6 is 0 Å². The second kappa shape index (κ2) is 6.45. The predicted octanol–water partition coefficient (Wildman–Crippen LogP) is 1.51. The Hall–Kier alpha value is -3.29. The van der Waals surface area contributed by atoms with E-state index in [0.29, 0.717) is 5.78 Å². The van der Waals surface area contributed by atoms with Crippen LogP contribution in [0.1, 0.15) is 27.6 Å². The van der Waals surface area contributed by atoms with Crippen LogP contribution in [0.4, 0.5) is 0 Å². The van der Waals surface area contributed by atoms with Gasteiger partial charge in [-0.05, 0) is 49.7 Å². The fourth-order valence-corrected chi connectivity index (χ4v) is 2.17. The molecule has 122 valence electrons. The molecule has 1 amide bonds. The van der Waals surface area contributed by atoms with Gasteiger partial charge in [0.15, 0.2) is 0 Å². The zero-order valence-corrected chi connectivity index (χ0v) is 13.5. The molecule has 0 aliphatic rings. The monoisotopic (exact) mass is 324 g/mol. The molecule has 0 saturated heterocycles. The molecule has 0 aliphatic heterocycles. The van der Waals surface area contributed by atoms with Crippen LogP contribution in [0.15, 0.2) is 35.4 Å². The standard InChI is InChI=1S/C16H16N6O2/c1-10-8-11(2)22-16(18-10)19-14(21-22)15(23)20-17-9-12-4-6-13(24-3)7-5-12/h4-9H,1-3H3,(H,20,23)/b17-9+. The van der Waals surface area contributed by atoms with Gasteiger partial charge in [-0.15, -0.1) is 5.10 Å². The van der Waals surface area contributed by atoms with Gasteiger partial charge in [0.2, 0.25) is 5.82 Å². The first-order valence-electron chi connectivity index (χ1n) is 7.25. The van der Waals surface area contributed by atoms with Crippen LogP contribution in [-0.4, -0.2) is 38.8 Å². The van der Waals surface area contributed by atoms with Crippen LogP contribution in [0, 0.1) is 13.8 Å². The van der Waals surface area contributed by atoms with Gasteiger partial charge in [0, 0.05) is 11.4 Å². The topological polar surface area (TPSA) is 93.8 Å². The third kappa shape index (κ3) is 3.22. The summed E-state index contributed by atoms with van der Waals surface area (Å²) in [4.78, 5) is 20.5. The van der Waals surface area contributed by atoms with Crippen molar-refractivity contribution in [1.82, 2.24) is 25.0 Å². The molecule has 0 spiro atoms. The lowest BCUT2D eigenvalue weighted by molar-refractivity contribution is 0.0945. The first kappa shape index (κ1) is 15.6. The number of nitrogens with zero attached hydrogens (tertiary/aromatic N) is 5. The number of carbonyl (C=O) groups excluding carboxylic acids is 1. The predicted molar refractivity (Wildman–Crippen MR) is 88.3 cm³/mol. The average molecular weight is 324 g/mol. The third-order valence-corrected chi connectivity index (χ3v) is 3.32. The van der Waals surface area contributed by atoms with E-state index < -0.39 is 5.91 Å². The highest BCUT2D eigenvalue weighted by molar-refractivity contribution is 5.91. The second-order valence-corrected chi connectivity index (χ2v) is 5.16. The van der Waals surface area contributed by atoms with Gasteiger partial charge in [0.05, 0.1) is 13.3 Å². The zero-order valence-electron chi connectivity index (χ0n) is 13.5. The van der Waals surface area contributed by atoms with Gasteiger partial charge >= 0.3 is 5.91 Å². The number of aryl methyl sites for hydroxylation is 2. The molecule has 1 N–H and O–H groups in total. The molecule has 1 aromatic carbocycles. The van der Waals surface area contributed by atoms with Crippen LogP contribution in [0.2, 0.25) is 0 Å². The van der Waals surface area contributed by atoms with E-state index in [-0.39, 0.29) is 5.82 Å². The summed E-state index contributed by atoms with van der Waals surface area (Å²) in [6, 6.07) is 9.14. The first-order valence-corrected chi connectivity index (χ1v) is 7.25. The highest BCUT2D eigenvalue weighted by Crippen LogP contribution is 2.09. The van der Waals surface area contributed by atoms with Gasteiger partial charge in [0.25, 0.3) is 5.78 Å². The number of ether oxygens (including phenoxy) is 1. The van der Waals surface area contributed by atoms with Crippen molar-refractivity contribution < 1.29 is 9.53 Å². The molecule has 0 atom stereocenters. The van der Waals surface area contributed by atoms with Crippen molar-refractivity contribution >= 4 is 17.9 Å². The molecule has 8 heteroatoms. The average Bonchev–Trinajstić information content (AvgIpc) is 3.00. The molecule has 24 heavy (non-hydrogen) atoms. The van der Waals surface area contributed by atoms with Gasteiger partial charge in [-0.2, -0.15) is 10.1 Å². The molecule has 3 aromatic rings. The minimum atomic E-state index is -0.498. The lowest BCUT2D eigenvalue weighted by Crippen LogP contribution is -2.19. The molecule has 0 radical (unpaired) electrons. The number of hydrogen-bond acceptors (Lipinski definition) is 6. The van der Waals surface area contributed by atoms with E-state index in [1.165, 1.54) is 10.7 Å². The van der Waals surface area contributed by atoms with Gasteiger partial charge < -0.3 is 4.74 Å². The van der Waals surface area contributed by atoms with Crippen LogP contribution in [0.25, 0.3) is 5.78 Å². The molecule has 2 aromatic heterocycles. The summed E-state index contributed by atoms with van der Waals surface area (Å²) in [6.45, 7) is 3.74. The molecule has 0 fully saturated rings. The molecule has 0 aliphatic carbocycles. The lowest BCUT2D eigenvalue weighted by Gasteiger charge is -1.99. The number of nitrogens with one attached hydrogen (secondary N) is 1. The van der Waals surface area contributed by atoms with E-state index in [2.05, 4.69) is 25.6 Å². The summed E-state index contributed by atoms with van der Waals surface area (Å²) < 4.78 is 6.60. The molecule has 0 unspecified atom stereocenters. The van der Waals surface area contributed by atoms with E-state index in [1.807, 2.05) is 44.2 Å². The van der Waals surface area contributed by atoms with Crippen LogP contribution < -0.4 is 10.2 Å². The van der Waals surface area contributed by atoms with Crippen molar-refractivity contribution in [2.45, 2.75) is 13.8 Å². The molecule has 0 bridgehead atoms. The minimum Gasteiger partial charge on any atom is -0.497 e.